The number of hydrogen-bond donors (Lipinski definition) is 0. The number of likely N-dealkylation sites (N-methyl/N-ethyl adjacent to an activating group) is 1. The second-order valence-electron chi connectivity index (χ2n) is 3.44. The first kappa shape index (κ1) is 13.6. The number of methoxy groups -OCH3 is 1. The van der Waals surface area contributed by atoms with Crippen LogP contribution >= 0.6 is 11.8 Å². The van der Waals surface area contributed by atoms with Crippen LogP contribution in [0, 0.1) is 0 Å². The van der Waals surface area contributed by atoms with E-state index in [-0.39, 0.29) is 18.2 Å². The number of furan rings is 1. The number of esters is 1. The average molecular weight is 257 g/mol. The van der Waals surface area contributed by atoms with E-state index in [1.54, 1.807) is 23.9 Å². The molecule has 0 aromatic carbocycles. The fourth-order valence-corrected chi connectivity index (χ4v) is 1.67. The molecule has 1 amide bonds. The Balaban J connectivity index is 2.64. The molecule has 0 N–H and O–H groups in total. The summed E-state index contributed by atoms with van der Waals surface area (Å²) in [6.45, 7) is -0.0894. The molecule has 0 bridgehead atoms. The predicted octanol–water partition coefficient (Wildman–Crippen LogP) is 1.39. The number of hydrogen-bond acceptors (Lipinski definition) is 5. The van der Waals surface area contributed by atoms with Gasteiger partial charge in [0.25, 0.3) is 5.91 Å². The Morgan fingerprint density at radius 3 is 2.76 bits per heavy atom. The standard InChI is InChI=1S/C11H15NO4S/c1-12(6-10(13)15-2)11(14)9-5-4-8(16-9)7-17-3/h4-5H,6-7H2,1-3H3. The zero-order chi connectivity index (χ0) is 12.8. The second-order valence-corrected chi connectivity index (χ2v) is 4.30. The van der Waals surface area contributed by atoms with Crippen molar-refractivity contribution in [2.45, 2.75) is 5.75 Å². The van der Waals surface area contributed by atoms with Crippen molar-refractivity contribution in [2.75, 3.05) is 27.0 Å². The summed E-state index contributed by atoms with van der Waals surface area (Å²) >= 11 is 1.61. The molecule has 0 saturated carbocycles. The maximum atomic E-state index is 11.8. The molecule has 0 aliphatic heterocycles. The molecular weight excluding hydrogens is 242 g/mol. The van der Waals surface area contributed by atoms with Crippen molar-refractivity contribution < 1.29 is 18.7 Å². The molecule has 1 rings (SSSR count). The zero-order valence-corrected chi connectivity index (χ0v) is 10.9. The van der Waals surface area contributed by atoms with Gasteiger partial charge in [0.05, 0.1) is 12.9 Å². The Hall–Kier alpha value is -1.43. The topological polar surface area (TPSA) is 59.8 Å². The minimum atomic E-state index is -0.461. The third-order valence-corrected chi connectivity index (χ3v) is 2.67. The van der Waals surface area contributed by atoms with E-state index in [1.165, 1.54) is 19.1 Å². The van der Waals surface area contributed by atoms with Crippen molar-refractivity contribution in [1.82, 2.24) is 4.90 Å². The first-order valence-electron chi connectivity index (χ1n) is 4.98. The van der Waals surface area contributed by atoms with E-state index in [9.17, 15) is 9.59 Å². The van der Waals surface area contributed by atoms with Crippen LogP contribution in [0.5, 0.6) is 0 Å². The summed E-state index contributed by atoms with van der Waals surface area (Å²) in [5, 5.41) is 0. The summed E-state index contributed by atoms with van der Waals surface area (Å²) in [5.41, 5.74) is 0. The van der Waals surface area contributed by atoms with Gasteiger partial charge in [0.1, 0.15) is 12.3 Å². The molecule has 0 radical (unpaired) electrons. The van der Waals surface area contributed by atoms with E-state index in [0.29, 0.717) is 5.75 Å². The normalized spacial score (nSPS) is 10.1. The van der Waals surface area contributed by atoms with Crippen LogP contribution in [0.2, 0.25) is 0 Å². The molecule has 5 nitrogen and oxygen atoms in total. The highest BCUT2D eigenvalue weighted by Crippen LogP contribution is 2.14. The molecule has 1 aromatic rings. The molecule has 0 aliphatic rings. The maximum absolute atomic E-state index is 11.8. The average Bonchev–Trinajstić information content (AvgIpc) is 2.76. The highest BCUT2D eigenvalue weighted by Gasteiger charge is 2.18. The van der Waals surface area contributed by atoms with Crippen LogP contribution in [0.15, 0.2) is 16.5 Å². The Morgan fingerprint density at radius 1 is 1.47 bits per heavy atom. The van der Waals surface area contributed by atoms with Crippen LogP contribution in [0.3, 0.4) is 0 Å². The number of thioether (sulfide) groups is 1. The molecule has 17 heavy (non-hydrogen) atoms. The zero-order valence-electron chi connectivity index (χ0n) is 10.1. The molecule has 6 heteroatoms. The van der Waals surface area contributed by atoms with Crippen molar-refractivity contribution in [3.63, 3.8) is 0 Å². The maximum Gasteiger partial charge on any atom is 0.325 e. The van der Waals surface area contributed by atoms with Gasteiger partial charge in [0, 0.05) is 7.05 Å². The van der Waals surface area contributed by atoms with Gasteiger partial charge >= 0.3 is 5.97 Å². The minimum Gasteiger partial charge on any atom is -0.468 e. The molecule has 0 aliphatic carbocycles. The van der Waals surface area contributed by atoms with E-state index in [0.717, 1.165) is 5.76 Å². The van der Waals surface area contributed by atoms with E-state index in [4.69, 9.17) is 4.42 Å². The second kappa shape index (κ2) is 6.34. The lowest BCUT2D eigenvalue weighted by Gasteiger charge is -2.13. The van der Waals surface area contributed by atoms with Crippen molar-refractivity contribution in [2.24, 2.45) is 0 Å². The van der Waals surface area contributed by atoms with Crippen LogP contribution in [-0.4, -0.2) is 43.7 Å². The van der Waals surface area contributed by atoms with E-state index >= 15 is 0 Å². The lowest BCUT2D eigenvalue weighted by atomic mass is 10.4. The van der Waals surface area contributed by atoms with E-state index in [1.807, 2.05) is 6.26 Å². The van der Waals surface area contributed by atoms with Crippen LogP contribution in [0.25, 0.3) is 0 Å². The summed E-state index contributed by atoms with van der Waals surface area (Å²) < 4.78 is 9.84. The highest BCUT2D eigenvalue weighted by atomic mass is 32.2. The number of carbonyl (C=O) groups is 2. The molecule has 1 heterocycles. The lowest BCUT2D eigenvalue weighted by Crippen LogP contribution is -2.32. The van der Waals surface area contributed by atoms with Crippen LogP contribution in [-0.2, 0) is 15.3 Å². The predicted molar refractivity (Wildman–Crippen MR) is 64.9 cm³/mol. The number of ether oxygens (including phenoxy) is 1. The van der Waals surface area contributed by atoms with E-state index < -0.39 is 5.97 Å². The number of amides is 1. The Bertz CT molecular complexity index is 402. The molecule has 0 unspecified atom stereocenters. The Kier molecular flexibility index (Phi) is 5.09. The SMILES string of the molecule is COC(=O)CN(C)C(=O)c1ccc(CSC)o1. The van der Waals surface area contributed by atoms with Gasteiger partial charge in [0.15, 0.2) is 5.76 Å². The smallest absolute Gasteiger partial charge is 0.325 e. The van der Waals surface area contributed by atoms with Crippen molar-refractivity contribution in [1.29, 1.82) is 0 Å². The largest absolute Gasteiger partial charge is 0.468 e. The number of rotatable bonds is 5. The van der Waals surface area contributed by atoms with Gasteiger partial charge in [-0.05, 0) is 18.4 Å². The molecule has 0 fully saturated rings. The minimum absolute atomic E-state index is 0.0894. The van der Waals surface area contributed by atoms with Gasteiger partial charge < -0.3 is 14.1 Å². The summed E-state index contributed by atoms with van der Waals surface area (Å²) in [5.74, 6) is 0.904. The van der Waals surface area contributed by atoms with Crippen LogP contribution in [0.4, 0.5) is 0 Å². The van der Waals surface area contributed by atoms with Gasteiger partial charge in [-0.25, -0.2) is 0 Å². The summed E-state index contributed by atoms with van der Waals surface area (Å²) in [6, 6.07) is 3.37. The fourth-order valence-electron chi connectivity index (χ4n) is 1.23. The van der Waals surface area contributed by atoms with Gasteiger partial charge in [-0.2, -0.15) is 11.8 Å². The van der Waals surface area contributed by atoms with E-state index in [2.05, 4.69) is 4.74 Å². The molecule has 0 atom stereocenters. The van der Waals surface area contributed by atoms with Gasteiger partial charge in [-0.1, -0.05) is 0 Å². The Labute approximate surface area is 104 Å². The fraction of sp³-hybridized carbons (Fsp3) is 0.455. The van der Waals surface area contributed by atoms with Gasteiger partial charge in [0.2, 0.25) is 0 Å². The lowest BCUT2D eigenvalue weighted by molar-refractivity contribution is -0.141. The first-order chi connectivity index (χ1) is 8.08. The van der Waals surface area contributed by atoms with Crippen LogP contribution in [0.1, 0.15) is 16.3 Å². The molecule has 0 spiro atoms. The first-order valence-corrected chi connectivity index (χ1v) is 6.37. The highest BCUT2D eigenvalue weighted by molar-refractivity contribution is 7.97. The molecule has 1 aromatic heterocycles. The van der Waals surface area contributed by atoms with Crippen molar-refractivity contribution in [3.8, 4) is 0 Å². The quantitative estimate of drug-likeness (QED) is 0.746. The Morgan fingerprint density at radius 2 is 2.18 bits per heavy atom. The monoisotopic (exact) mass is 257 g/mol. The summed E-state index contributed by atoms with van der Waals surface area (Å²) in [6.07, 6.45) is 1.95. The molecular formula is C11H15NO4S. The van der Waals surface area contributed by atoms with Crippen LogP contribution < -0.4 is 0 Å². The number of carbonyl (C=O) groups excluding carboxylic acids is 2. The third kappa shape index (κ3) is 3.81. The number of nitrogens with zero attached hydrogens (tertiary/aromatic N) is 1. The van der Waals surface area contributed by atoms with Gasteiger partial charge in [-0.15, -0.1) is 0 Å². The molecule has 94 valence electrons. The van der Waals surface area contributed by atoms with Crippen molar-refractivity contribution >= 4 is 23.6 Å². The molecule has 0 saturated heterocycles. The van der Waals surface area contributed by atoms with Gasteiger partial charge in [-0.3, -0.25) is 9.59 Å². The van der Waals surface area contributed by atoms with Crippen molar-refractivity contribution in [3.05, 3.63) is 23.7 Å². The summed E-state index contributed by atoms with van der Waals surface area (Å²) in [7, 11) is 2.81. The third-order valence-electron chi connectivity index (χ3n) is 2.10. The summed E-state index contributed by atoms with van der Waals surface area (Å²) in [4.78, 5) is 24.1.